The predicted octanol–water partition coefficient (Wildman–Crippen LogP) is 3.42. The van der Waals surface area contributed by atoms with Gasteiger partial charge in [0.05, 0.1) is 6.26 Å². The molecule has 2 rings (SSSR count). The van der Waals surface area contributed by atoms with Crippen LogP contribution in [0.25, 0.3) is 11.0 Å². The number of rotatable bonds is 6. The topological polar surface area (TPSA) is 45.4 Å². The molecular formula is C16H23NO2. The molecule has 3 nitrogen and oxygen atoms in total. The van der Waals surface area contributed by atoms with Crippen LogP contribution in [0.4, 0.5) is 0 Å². The third-order valence-corrected chi connectivity index (χ3v) is 3.75. The van der Waals surface area contributed by atoms with Crippen LogP contribution in [0.1, 0.15) is 39.2 Å². The zero-order chi connectivity index (χ0) is 13.9. The zero-order valence-electron chi connectivity index (χ0n) is 11.9. The summed E-state index contributed by atoms with van der Waals surface area (Å²) < 4.78 is 5.42. The van der Waals surface area contributed by atoms with Gasteiger partial charge in [-0.1, -0.05) is 32.4 Å². The summed E-state index contributed by atoms with van der Waals surface area (Å²) >= 11 is 0. The lowest BCUT2D eigenvalue weighted by Gasteiger charge is -2.34. The maximum atomic E-state index is 10.9. The van der Waals surface area contributed by atoms with Crippen LogP contribution in [0.3, 0.4) is 0 Å². The van der Waals surface area contributed by atoms with E-state index in [0.29, 0.717) is 0 Å². The quantitative estimate of drug-likeness (QED) is 0.837. The lowest BCUT2D eigenvalue weighted by atomic mass is 9.85. The Hall–Kier alpha value is -1.32. The fraction of sp³-hybridized carbons (Fsp3) is 0.500. The first-order chi connectivity index (χ1) is 9.09. The van der Waals surface area contributed by atoms with E-state index in [4.69, 9.17) is 4.42 Å². The van der Waals surface area contributed by atoms with E-state index in [1.165, 1.54) is 0 Å². The fourth-order valence-electron chi connectivity index (χ4n) is 2.59. The minimum absolute atomic E-state index is 0.0508. The molecule has 2 N–H and O–H groups in total. The van der Waals surface area contributed by atoms with Crippen LogP contribution >= 0.6 is 0 Å². The molecule has 1 heterocycles. The van der Waals surface area contributed by atoms with Crippen LogP contribution in [-0.2, 0) is 5.60 Å². The van der Waals surface area contributed by atoms with Gasteiger partial charge < -0.3 is 14.8 Å². The highest BCUT2D eigenvalue weighted by Crippen LogP contribution is 2.30. The first kappa shape index (κ1) is 14.1. The van der Waals surface area contributed by atoms with E-state index in [1.807, 2.05) is 31.2 Å². The van der Waals surface area contributed by atoms with Gasteiger partial charge >= 0.3 is 0 Å². The Morgan fingerprint density at radius 2 is 2.11 bits per heavy atom. The monoisotopic (exact) mass is 261 g/mol. The van der Waals surface area contributed by atoms with Crippen molar-refractivity contribution in [1.29, 1.82) is 0 Å². The van der Waals surface area contributed by atoms with Gasteiger partial charge in [0.15, 0.2) is 0 Å². The lowest BCUT2D eigenvalue weighted by Crippen LogP contribution is -2.46. The van der Waals surface area contributed by atoms with E-state index < -0.39 is 5.60 Å². The molecule has 104 valence electrons. The molecule has 19 heavy (non-hydrogen) atoms. The summed E-state index contributed by atoms with van der Waals surface area (Å²) in [6, 6.07) is 7.90. The summed E-state index contributed by atoms with van der Waals surface area (Å²) in [5, 5.41) is 15.3. The maximum Gasteiger partial charge on any atom is 0.134 e. The number of aliphatic hydroxyl groups is 1. The molecule has 0 spiro atoms. The SMILES string of the molecule is CCCC(NCC)C(C)(O)c1ccc2ccoc2c1. The van der Waals surface area contributed by atoms with Crippen molar-refractivity contribution in [1.82, 2.24) is 5.32 Å². The molecule has 0 bridgehead atoms. The van der Waals surface area contributed by atoms with Crippen LogP contribution in [-0.4, -0.2) is 17.7 Å². The molecule has 1 aromatic heterocycles. The number of hydrogen-bond acceptors (Lipinski definition) is 3. The van der Waals surface area contributed by atoms with Crippen molar-refractivity contribution in [3.8, 4) is 0 Å². The Kier molecular flexibility index (Phi) is 4.27. The number of furan rings is 1. The molecule has 2 aromatic rings. The molecule has 1 aromatic carbocycles. The van der Waals surface area contributed by atoms with Gasteiger partial charge in [0.25, 0.3) is 0 Å². The summed E-state index contributed by atoms with van der Waals surface area (Å²) in [6.45, 7) is 6.93. The van der Waals surface area contributed by atoms with Crippen molar-refractivity contribution in [3.05, 3.63) is 36.1 Å². The van der Waals surface area contributed by atoms with Gasteiger partial charge in [-0.3, -0.25) is 0 Å². The van der Waals surface area contributed by atoms with Gasteiger partial charge in [-0.05, 0) is 37.6 Å². The van der Waals surface area contributed by atoms with E-state index in [-0.39, 0.29) is 6.04 Å². The molecule has 0 fully saturated rings. The first-order valence-electron chi connectivity index (χ1n) is 7.03. The molecule has 0 aliphatic rings. The van der Waals surface area contributed by atoms with Crippen molar-refractivity contribution >= 4 is 11.0 Å². The number of nitrogens with one attached hydrogen (secondary N) is 1. The molecule has 0 amide bonds. The zero-order valence-corrected chi connectivity index (χ0v) is 11.9. The van der Waals surface area contributed by atoms with E-state index in [0.717, 1.165) is 35.9 Å². The van der Waals surface area contributed by atoms with Crippen LogP contribution in [0.15, 0.2) is 34.9 Å². The average Bonchev–Trinajstić information content (AvgIpc) is 2.85. The predicted molar refractivity (Wildman–Crippen MR) is 78.2 cm³/mol. The first-order valence-corrected chi connectivity index (χ1v) is 7.03. The molecule has 0 radical (unpaired) electrons. The summed E-state index contributed by atoms with van der Waals surface area (Å²) in [5.41, 5.74) is 0.825. The molecule has 2 unspecified atom stereocenters. The Balaban J connectivity index is 2.34. The third-order valence-electron chi connectivity index (χ3n) is 3.75. The molecule has 0 saturated heterocycles. The van der Waals surface area contributed by atoms with Crippen molar-refractivity contribution in [3.63, 3.8) is 0 Å². The molecular weight excluding hydrogens is 238 g/mol. The van der Waals surface area contributed by atoms with Crippen LogP contribution < -0.4 is 5.32 Å². The van der Waals surface area contributed by atoms with Crippen molar-refractivity contribution < 1.29 is 9.52 Å². The Morgan fingerprint density at radius 1 is 1.32 bits per heavy atom. The van der Waals surface area contributed by atoms with Crippen LogP contribution in [0.5, 0.6) is 0 Å². The minimum Gasteiger partial charge on any atom is -0.464 e. The summed E-state index contributed by atoms with van der Waals surface area (Å²) in [4.78, 5) is 0. The second kappa shape index (κ2) is 5.76. The maximum absolute atomic E-state index is 10.9. The highest BCUT2D eigenvalue weighted by molar-refractivity contribution is 5.77. The fourth-order valence-corrected chi connectivity index (χ4v) is 2.59. The van der Waals surface area contributed by atoms with E-state index in [2.05, 4.69) is 19.2 Å². The number of likely N-dealkylation sites (N-methyl/N-ethyl adjacent to an activating group) is 1. The highest BCUT2D eigenvalue weighted by atomic mass is 16.3. The second-order valence-electron chi connectivity index (χ2n) is 5.22. The normalized spacial score (nSPS) is 16.4. The summed E-state index contributed by atoms with van der Waals surface area (Å²) in [7, 11) is 0. The van der Waals surface area contributed by atoms with Crippen LogP contribution in [0.2, 0.25) is 0 Å². The van der Waals surface area contributed by atoms with E-state index in [9.17, 15) is 5.11 Å². The van der Waals surface area contributed by atoms with Gasteiger partial charge in [0.2, 0.25) is 0 Å². The Labute approximate surface area is 114 Å². The largest absolute Gasteiger partial charge is 0.464 e. The smallest absolute Gasteiger partial charge is 0.134 e. The van der Waals surface area contributed by atoms with Gasteiger partial charge in [0, 0.05) is 11.4 Å². The average molecular weight is 261 g/mol. The molecule has 0 aliphatic carbocycles. The lowest BCUT2D eigenvalue weighted by molar-refractivity contribution is 0.0123. The van der Waals surface area contributed by atoms with Gasteiger partial charge in [-0.15, -0.1) is 0 Å². The Morgan fingerprint density at radius 3 is 2.79 bits per heavy atom. The minimum atomic E-state index is -0.896. The molecule has 3 heteroatoms. The second-order valence-corrected chi connectivity index (χ2v) is 5.22. The number of fused-ring (bicyclic) bond motifs is 1. The molecule has 0 saturated carbocycles. The van der Waals surface area contributed by atoms with Crippen molar-refractivity contribution in [2.75, 3.05) is 6.54 Å². The van der Waals surface area contributed by atoms with Crippen molar-refractivity contribution in [2.45, 2.75) is 45.3 Å². The summed E-state index contributed by atoms with van der Waals surface area (Å²) in [5.74, 6) is 0. The van der Waals surface area contributed by atoms with Crippen molar-refractivity contribution in [2.24, 2.45) is 0 Å². The van der Waals surface area contributed by atoms with E-state index >= 15 is 0 Å². The van der Waals surface area contributed by atoms with E-state index in [1.54, 1.807) is 6.26 Å². The molecule has 0 aliphatic heterocycles. The number of hydrogen-bond donors (Lipinski definition) is 2. The molecule has 2 atom stereocenters. The van der Waals surface area contributed by atoms with Gasteiger partial charge in [-0.2, -0.15) is 0 Å². The highest BCUT2D eigenvalue weighted by Gasteiger charge is 2.32. The Bertz CT molecular complexity index is 524. The summed E-state index contributed by atoms with van der Waals surface area (Å²) in [6.07, 6.45) is 3.66. The standard InChI is InChI=1S/C16H23NO2/c1-4-6-15(17-5-2)16(3,18)13-8-7-12-9-10-19-14(12)11-13/h7-11,15,17-18H,4-6H2,1-3H3. The third kappa shape index (κ3) is 2.82. The van der Waals surface area contributed by atoms with Crippen LogP contribution in [0, 0.1) is 0 Å². The van der Waals surface area contributed by atoms with Gasteiger partial charge in [0.1, 0.15) is 11.2 Å². The number of benzene rings is 1. The van der Waals surface area contributed by atoms with Gasteiger partial charge in [-0.25, -0.2) is 0 Å².